The molecular formula is C10H16O2. The highest BCUT2D eigenvalue weighted by molar-refractivity contribution is 4.91. The first-order chi connectivity index (χ1) is 5.83. The van der Waals surface area contributed by atoms with Gasteiger partial charge in [-0.3, -0.25) is 0 Å². The van der Waals surface area contributed by atoms with Gasteiger partial charge in [0.2, 0.25) is 0 Å². The molecule has 0 aliphatic carbocycles. The first-order valence-corrected chi connectivity index (χ1v) is 4.20. The predicted octanol–water partition coefficient (Wildman–Crippen LogP) is 1.78. The van der Waals surface area contributed by atoms with Crippen LogP contribution in [-0.2, 0) is 9.47 Å². The van der Waals surface area contributed by atoms with Crippen LogP contribution in [-0.4, -0.2) is 26.4 Å². The summed E-state index contributed by atoms with van der Waals surface area (Å²) in [5, 5.41) is 0. The Balaban J connectivity index is 2.24. The van der Waals surface area contributed by atoms with Gasteiger partial charge in [0.25, 0.3) is 0 Å². The third kappa shape index (κ3) is 2.19. The lowest BCUT2D eigenvalue weighted by Gasteiger charge is -2.40. The molecule has 68 valence electrons. The molecule has 1 aliphatic rings. The van der Waals surface area contributed by atoms with Crippen LogP contribution in [0.3, 0.4) is 0 Å². The van der Waals surface area contributed by atoms with E-state index < -0.39 is 0 Å². The van der Waals surface area contributed by atoms with Gasteiger partial charge < -0.3 is 9.47 Å². The summed E-state index contributed by atoms with van der Waals surface area (Å²) in [6, 6.07) is 0. The van der Waals surface area contributed by atoms with Crippen molar-refractivity contribution in [3.05, 3.63) is 25.3 Å². The van der Waals surface area contributed by atoms with E-state index in [1.165, 1.54) is 0 Å². The van der Waals surface area contributed by atoms with Crippen LogP contribution in [0, 0.1) is 5.41 Å². The Bertz CT molecular complexity index is 159. The molecule has 1 heterocycles. The van der Waals surface area contributed by atoms with Gasteiger partial charge >= 0.3 is 0 Å². The summed E-state index contributed by atoms with van der Waals surface area (Å²) in [4.78, 5) is 0. The minimum atomic E-state index is 0.213. The van der Waals surface area contributed by atoms with Gasteiger partial charge in [0.15, 0.2) is 0 Å². The molecule has 0 aromatic carbocycles. The van der Waals surface area contributed by atoms with Gasteiger partial charge in [-0.25, -0.2) is 0 Å². The van der Waals surface area contributed by atoms with E-state index in [4.69, 9.17) is 9.47 Å². The maximum Gasteiger partial charge on any atom is 0.0645 e. The first kappa shape index (κ1) is 9.49. The number of rotatable bonds is 6. The molecule has 0 spiro atoms. The van der Waals surface area contributed by atoms with Crippen LogP contribution < -0.4 is 0 Å². The Morgan fingerprint density at radius 2 is 2.08 bits per heavy atom. The standard InChI is InChI=1S/C10H16O2/c1-3-5-10(8-12-9-10)7-11-6-4-2/h3-4H,1-2,5-9H2. The third-order valence-corrected chi connectivity index (χ3v) is 2.04. The molecular weight excluding hydrogens is 152 g/mol. The molecule has 0 saturated carbocycles. The van der Waals surface area contributed by atoms with Gasteiger partial charge in [-0.2, -0.15) is 0 Å². The lowest BCUT2D eigenvalue weighted by Crippen LogP contribution is -2.45. The molecule has 12 heavy (non-hydrogen) atoms. The molecule has 2 heteroatoms. The van der Waals surface area contributed by atoms with Crippen molar-refractivity contribution in [2.24, 2.45) is 5.41 Å². The lowest BCUT2D eigenvalue weighted by atomic mass is 9.83. The molecule has 1 rings (SSSR count). The first-order valence-electron chi connectivity index (χ1n) is 4.20. The Morgan fingerprint density at radius 1 is 1.33 bits per heavy atom. The second kappa shape index (κ2) is 4.43. The molecule has 0 N–H and O–H groups in total. The Labute approximate surface area is 73.9 Å². The van der Waals surface area contributed by atoms with E-state index >= 15 is 0 Å². The van der Waals surface area contributed by atoms with Crippen molar-refractivity contribution in [3.8, 4) is 0 Å². The highest BCUT2D eigenvalue weighted by Gasteiger charge is 2.37. The van der Waals surface area contributed by atoms with Crippen molar-refractivity contribution in [1.82, 2.24) is 0 Å². The highest BCUT2D eigenvalue weighted by Crippen LogP contribution is 2.31. The van der Waals surface area contributed by atoms with Gasteiger partial charge in [-0.05, 0) is 6.42 Å². The van der Waals surface area contributed by atoms with Crippen molar-refractivity contribution >= 4 is 0 Å². The summed E-state index contributed by atoms with van der Waals surface area (Å²) in [6.45, 7) is 10.3. The number of ether oxygens (including phenoxy) is 2. The maximum absolute atomic E-state index is 5.40. The van der Waals surface area contributed by atoms with E-state index in [0.29, 0.717) is 6.61 Å². The van der Waals surface area contributed by atoms with Crippen LogP contribution >= 0.6 is 0 Å². The zero-order valence-electron chi connectivity index (χ0n) is 7.42. The smallest absolute Gasteiger partial charge is 0.0645 e. The zero-order valence-corrected chi connectivity index (χ0v) is 7.42. The molecule has 2 nitrogen and oxygen atoms in total. The van der Waals surface area contributed by atoms with Crippen LogP contribution in [0.2, 0.25) is 0 Å². The fraction of sp³-hybridized carbons (Fsp3) is 0.600. The molecule has 0 radical (unpaired) electrons. The average molecular weight is 168 g/mol. The molecule has 1 fully saturated rings. The van der Waals surface area contributed by atoms with E-state index in [9.17, 15) is 0 Å². The van der Waals surface area contributed by atoms with Crippen molar-refractivity contribution in [2.75, 3.05) is 26.4 Å². The van der Waals surface area contributed by atoms with E-state index in [0.717, 1.165) is 26.2 Å². The van der Waals surface area contributed by atoms with Crippen LogP contribution in [0.1, 0.15) is 6.42 Å². The second-order valence-corrected chi connectivity index (χ2v) is 3.29. The second-order valence-electron chi connectivity index (χ2n) is 3.29. The van der Waals surface area contributed by atoms with Gasteiger partial charge in [-0.1, -0.05) is 12.2 Å². The average Bonchev–Trinajstić information content (AvgIpc) is 2.00. The number of hydrogen-bond acceptors (Lipinski definition) is 2. The molecule has 0 atom stereocenters. The quantitative estimate of drug-likeness (QED) is 0.444. The summed E-state index contributed by atoms with van der Waals surface area (Å²) in [5.74, 6) is 0. The summed E-state index contributed by atoms with van der Waals surface area (Å²) < 4.78 is 10.6. The monoisotopic (exact) mass is 168 g/mol. The fourth-order valence-electron chi connectivity index (χ4n) is 1.32. The lowest BCUT2D eigenvalue weighted by molar-refractivity contribution is -0.144. The summed E-state index contributed by atoms with van der Waals surface area (Å²) in [5.41, 5.74) is 0.213. The van der Waals surface area contributed by atoms with Crippen LogP contribution in [0.5, 0.6) is 0 Å². The van der Waals surface area contributed by atoms with E-state index in [1.807, 2.05) is 6.08 Å². The topological polar surface area (TPSA) is 18.5 Å². The van der Waals surface area contributed by atoms with Crippen molar-refractivity contribution < 1.29 is 9.47 Å². The van der Waals surface area contributed by atoms with E-state index in [2.05, 4.69) is 13.2 Å². The Hall–Kier alpha value is -0.600. The molecule has 0 aromatic rings. The van der Waals surface area contributed by atoms with Gasteiger partial charge in [-0.15, -0.1) is 13.2 Å². The minimum absolute atomic E-state index is 0.213. The summed E-state index contributed by atoms with van der Waals surface area (Å²) >= 11 is 0. The minimum Gasteiger partial charge on any atom is -0.380 e. The molecule has 0 bridgehead atoms. The van der Waals surface area contributed by atoms with Crippen molar-refractivity contribution in [1.29, 1.82) is 0 Å². The maximum atomic E-state index is 5.40. The summed E-state index contributed by atoms with van der Waals surface area (Å²) in [6.07, 6.45) is 4.67. The van der Waals surface area contributed by atoms with Crippen molar-refractivity contribution in [3.63, 3.8) is 0 Å². The van der Waals surface area contributed by atoms with Crippen LogP contribution in [0.25, 0.3) is 0 Å². The SMILES string of the molecule is C=CCOCC1(CC=C)COC1. The van der Waals surface area contributed by atoms with E-state index in [-0.39, 0.29) is 5.41 Å². The third-order valence-electron chi connectivity index (χ3n) is 2.04. The molecule has 1 aliphatic heterocycles. The molecule has 0 aromatic heterocycles. The summed E-state index contributed by atoms with van der Waals surface area (Å²) in [7, 11) is 0. The zero-order chi connectivity index (χ0) is 8.86. The fourth-order valence-corrected chi connectivity index (χ4v) is 1.32. The van der Waals surface area contributed by atoms with Crippen LogP contribution in [0.4, 0.5) is 0 Å². The number of hydrogen-bond donors (Lipinski definition) is 0. The normalized spacial score (nSPS) is 19.7. The van der Waals surface area contributed by atoms with E-state index in [1.54, 1.807) is 6.08 Å². The highest BCUT2D eigenvalue weighted by atomic mass is 16.5. The molecule has 0 amide bonds. The van der Waals surface area contributed by atoms with Gasteiger partial charge in [0.1, 0.15) is 0 Å². The van der Waals surface area contributed by atoms with Gasteiger partial charge in [0, 0.05) is 5.41 Å². The van der Waals surface area contributed by atoms with Crippen LogP contribution in [0.15, 0.2) is 25.3 Å². The molecule has 1 saturated heterocycles. The Kier molecular flexibility index (Phi) is 3.50. The van der Waals surface area contributed by atoms with Crippen molar-refractivity contribution in [2.45, 2.75) is 6.42 Å². The van der Waals surface area contributed by atoms with Gasteiger partial charge in [0.05, 0.1) is 26.4 Å². The molecule has 0 unspecified atom stereocenters. The number of allylic oxidation sites excluding steroid dienone is 1. The Morgan fingerprint density at radius 3 is 2.50 bits per heavy atom. The largest absolute Gasteiger partial charge is 0.380 e. The predicted molar refractivity (Wildman–Crippen MR) is 49.1 cm³/mol.